The number of carboxylic acid groups (broad SMARTS) is 2. The van der Waals surface area contributed by atoms with E-state index in [4.69, 9.17) is 19.7 Å². The average Bonchev–Trinajstić information content (AvgIpc) is 2.79. The van der Waals surface area contributed by atoms with E-state index >= 15 is 0 Å². The van der Waals surface area contributed by atoms with Crippen LogP contribution in [-0.2, 0) is 28.7 Å². The van der Waals surface area contributed by atoms with Crippen LogP contribution in [0, 0.1) is 0 Å². The molecule has 2 N–H and O–H groups in total. The van der Waals surface area contributed by atoms with Gasteiger partial charge < -0.3 is 19.7 Å². The van der Waals surface area contributed by atoms with Crippen LogP contribution in [0.1, 0.15) is 22.0 Å². The van der Waals surface area contributed by atoms with Crippen LogP contribution in [0.25, 0.3) is 0 Å². The minimum Gasteiger partial charge on any atom is -0.478 e. The van der Waals surface area contributed by atoms with Gasteiger partial charge in [0.05, 0.1) is 0 Å². The largest absolute Gasteiger partial charge is 0.478 e. The first-order valence-corrected chi connectivity index (χ1v) is 11.3. The van der Waals surface area contributed by atoms with Crippen molar-refractivity contribution < 1.29 is 38.9 Å². The molecule has 0 heterocycles. The molecule has 8 nitrogen and oxygen atoms in total. The molecule has 0 aliphatic rings. The minimum atomic E-state index is -1.29. The lowest BCUT2D eigenvalue weighted by Gasteiger charge is -2.21. The standard InChI is InChI=1S/C22H18O8S2/c23-17(24)11-13-19(27)29-21(15-7-3-1-4-8-15)31-32-22(16-9-5-2-6-10-16)30-20(28)14-12-18(25)26/h1-14,21-22H,(H,23,24)(H,25,26)/b13-11-,14-12-. The molecule has 2 aromatic rings. The van der Waals surface area contributed by atoms with Gasteiger partial charge in [0, 0.05) is 35.4 Å². The van der Waals surface area contributed by atoms with E-state index < -0.39 is 34.7 Å². The summed E-state index contributed by atoms with van der Waals surface area (Å²) in [4.78, 5) is 45.3. The maximum Gasteiger partial charge on any atom is 0.332 e. The van der Waals surface area contributed by atoms with Gasteiger partial charge in [0.25, 0.3) is 0 Å². The third kappa shape index (κ3) is 9.11. The van der Waals surface area contributed by atoms with E-state index in [1.807, 2.05) is 0 Å². The highest BCUT2D eigenvalue weighted by molar-refractivity contribution is 8.76. The number of aliphatic carboxylic acids is 2. The topological polar surface area (TPSA) is 127 Å². The number of rotatable bonds is 11. The molecule has 0 aliphatic carbocycles. The first-order chi connectivity index (χ1) is 15.3. The summed E-state index contributed by atoms with van der Waals surface area (Å²) in [5, 5.41) is 17.4. The van der Waals surface area contributed by atoms with Crippen molar-refractivity contribution in [1.29, 1.82) is 0 Å². The Morgan fingerprint density at radius 1 is 0.625 bits per heavy atom. The SMILES string of the molecule is O=C(O)/C=C\C(=O)OC(SSC(OC(=O)/C=C\C(=O)O)c1ccccc1)c1ccccc1. The molecule has 0 saturated heterocycles. The maximum atomic E-state index is 12.0. The highest BCUT2D eigenvalue weighted by Crippen LogP contribution is 2.47. The van der Waals surface area contributed by atoms with Crippen molar-refractivity contribution in [3.8, 4) is 0 Å². The van der Waals surface area contributed by atoms with Gasteiger partial charge in [-0.25, -0.2) is 19.2 Å². The lowest BCUT2D eigenvalue weighted by atomic mass is 10.2. The van der Waals surface area contributed by atoms with Crippen LogP contribution in [0.15, 0.2) is 85.0 Å². The predicted molar refractivity (Wildman–Crippen MR) is 119 cm³/mol. The Morgan fingerprint density at radius 3 is 1.28 bits per heavy atom. The lowest BCUT2D eigenvalue weighted by Crippen LogP contribution is -2.09. The Morgan fingerprint density at radius 2 is 0.969 bits per heavy atom. The van der Waals surface area contributed by atoms with Crippen LogP contribution < -0.4 is 0 Å². The molecule has 10 heteroatoms. The summed E-state index contributed by atoms with van der Waals surface area (Å²) in [6.45, 7) is 0. The molecule has 2 unspecified atom stereocenters. The zero-order valence-corrected chi connectivity index (χ0v) is 18.0. The van der Waals surface area contributed by atoms with Crippen LogP contribution in [0.5, 0.6) is 0 Å². The van der Waals surface area contributed by atoms with Gasteiger partial charge in [-0.1, -0.05) is 60.7 Å². The quantitative estimate of drug-likeness (QED) is 0.212. The first kappa shape index (κ1) is 24.8. The molecule has 0 aromatic heterocycles. The molecular weight excluding hydrogens is 456 g/mol. The number of carbonyl (C=O) groups is 4. The molecule has 2 atom stereocenters. The van der Waals surface area contributed by atoms with Gasteiger partial charge in [0.15, 0.2) is 10.9 Å². The molecule has 2 aromatic carbocycles. The summed E-state index contributed by atoms with van der Waals surface area (Å²) in [7, 11) is 2.16. The highest BCUT2D eigenvalue weighted by atomic mass is 33.1. The molecule has 166 valence electrons. The molecule has 0 saturated carbocycles. The van der Waals surface area contributed by atoms with Crippen LogP contribution in [0.2, 0.25) is 0 Å². The Kier molecular flexibility index (Phi) is 10.1. The summed E-state index contributed by atoms with van der Waals surface area (Å²) in [5.74, 6) is -4.28. The van der Waals surface area contributed by atoms with E-state index in [0.717, 1.165) is 33.7 Å². The Bertz CT molecular complexity index is 908. The number of carbonyl (C=O) groups excluding carboxylic acids is 2. The Labute approximate surface area is 191 Å². The van der Waals surface area contributed by atoms with Gasteiger partial charge in [-0.05, 0) is 21.6 Å². The number of ether oxygens (including phenoxy) is 2. The zero-order valence-electron chi connectivity index (χ0n) is 16.4. The van der Waals surface area contributed by atoms with Gasteiger partial charge in [-0.3, -0.25) is 0 Å². The molecule has 2 rings (SSSR count). The summed E-state index contributed by atoms with van der Waals surface area (Å²) in [6.07, 6.45) is 2.95. The van der Waals surface area contributed by atoms with Gasteiger partial charge in [0.2, 0.25) is 0 Å². The monoisotopic (exact) mass is 474 g/mol. The van der Waals surface area contributed by atoms with Gasteiger partial charge >= 0.3 is 23.9 Å². The normalized spacial score (nSPS) is 12.9. The zero-order chi connectivity index (χ0) is 23.3. The van der Waals surface area contributed by atoms with Gasteiger partial charge in [-0.15, -0.1) is 0 Å². The number of carboxylic acids is 2. The lowest BCUT2D eigenvalue weighted by molar-refractivity contribution is -0.140. The number of esters is 2. The molecule has 0 spiro atoms. The van der Waals surface area contributed by atoms with Crippen molar-refractivity contribution in [2.45, 2.75) is 10.9 Å². The van der Waals surface area contributed by atoms with E-state index in [1.54, 1.807) is 60.7 Å². The van der Waals surface area contributed by atoms with Crippen LogP contribution in [0.3, 0.4) is 0 Å². The number of benzene rings is 2. The molecule has 0 fully saturated rings. The maximum absolute atomic E-state index is 12.0. The van der Waals surface area contributed by atoms with Gasteiger partial charge in [-0.2, -0.15) is 0 Å². The van der Waals surface area contributed by atoms with Crippen molar-refractivity contribution in [2.24, 2.45) is 0 Å². The Hall–Kier alpha value is -3.50. The Balaban J connectivity index is 2.19. The number of hydrogen-bond acceptors (Lipinski definition) is 8. The van der Waals surface area contributed by atoms with E-state index in [-0.39, 0.29) is 0 Å². The first-order valence-electron chi connectivity index (χ1n) is 9.00. The fourth-order valence-corrected chi connectivity index (χ4v) is 4.69. The van der Waals surface area contributed by atoms with Crippen molar-refractivity contribution in [1.82, 2.24) is 0 Å². The summed E-state index contributed by atoms with van der Waals surface area (Å²) in [5.41, 5.74) is -0.421. The van der Waals surface area contributed by atoms with E-state index in [2.05, 4.69) is 0 Å². The molecule has 0 bridgehead atoms. The van der Waals surface area contributed by atoms with Crippen molar-refractivity contribution in [2.75, 3.05) is 0 Å². The number of hydrogen-bond donors (Lipinski definition) is 2. The van der Waals surface area contributed by atoms with Gasteiger partial charge in [0.1, 0.15) is 0 Å². The molecule has 0 radical (unpaired) electrons. The molecule has 0 amide bonds. The van der Waals surface area contributed by atoms with E-state index in [0.29, 0.717) is 23.3 Å². The summed E-state index contributed by atoms with van der Waals surface area (Å²) in [6, 6.07) is 17.5. The summed E-state index contributed by atoms with van der Waals surface area (Å²) < 4.78 is 10.8. The second kappa shape index (κ2) is 13.0. The highest BCUT2D eigenvalue weighted by Gasteiger charge is 2.23. The van der Waals surface area contributed by atoms with Crippen LogP contribution in [0.4, 0.5) is 0 Å². The minimum absolute atomic E-state index is 0.631. The molecule has 0 aliphatic heterocycles. The predicted octanol–water partition coefficient (Wildman–Crippen LogP) is 4.13. The fourth-order valence-electron chi connectivity index (χ4n) is 2.18. The molecular formula is C22H18O8S2. The third-order valence-corrected chi connectivity index (χ3v) is 6.12. The fraction of sp³-hybridized carbons (Fsp3) is 0.0909. The molecule has 32 heavy (non-hydrogen) atoms. The second-order valence-electron chi connectivity index (χ2n) is 5.89. The summed E-state index contributed by atoms with van der Waals surface area (Å²) >= 11 is 0. The second-order valence-corrected chi connectivity index (χ2v) is 8.29. The van der Waals surface area contributed by atoms with E-state index in [1.165, 1.54) is 0 Å². The smallest absolute Gasteiger partial charge is 0.332 e. The van der Waals surface area contributed by atoms with Crippen LogP contribution >= 0.6 is 21.6 Å². The average molecular weight is 475 g/mol. The van der Waals surface area contributed by atoms with Crippen molar-refractivity contribution in [3.05, 3.63) is 96.1 Å². The third-order valence-electron chi connectivity index (χ3n) is 3.54. The van der Waals surface area contributed by atoms with E-state index in [9.17, 15) is 19.2 Å². The van der Waals surface area contributed by atoms with Crippen molar-refractivity contribution >= 4 is 45.5 Å². The van der Waals surface area contributed by atoms with Crippen LogP contribution in [-0.4, -0.2) is 34.1 Å². The van der Waals surface area contributed by atoms with Crippen molar-refractivity contribution in [3.63, 3.8) is 0 Å².